The number of hydrogen-bond acceptors (Lipinski definition) is 4. The number of carboxylic acid groups (broad SMARTS) is 1. The Hall–Kier alpha value is -0.650. The topological polar surface area (TPSA) is 59.0 Å². The summed E-state index contributed by atoms with van der Waals surface area (Å²) in [7, 11) is 1.63. The van der Waals surface area contributed by atoms with Crippen LogP contribution in [0, 0.1) is 0 Å². The Morgan fingerprint density at radius 1 is 1.56 bits per heavy atom. The summed E-state index contributed by atoms with van der Waals surface area (Å²) >= 11 is 0. The van der Waals surface area contributed by atoms with Gasteiger partial charge in [0.25, 0.3) is 0 Å². The molecule has 0 aliphatic carbocycles. The van der Waals surface area contributed by atoms with Gasteiger partial charge in [-0.3, -0.25) is 9.69 Å². The van der Waals surface area contributed by atoms with Crippen LogP contribution >= 0.6 is 0 Å². The minimum atomic E-state index is -0.775. The van der Waals surface area contributed by atoms with Gasteiger partial charge in [0.2, 0.25) is 0 Å². The molecule has 0 radical (unpaired) electrons. The molecule has 1 fully saturated rings. The van der Waals surface area contributed by atoms with Crippen molar-refractivity contribution in [3.05, 3.63) is 0 Å². The lowest BCUT2D eigenvalue weighted by molar-refractivity contribution is -0.144. The molecule has 0 aromatic heterocycles. The third kappa shape index (κ3) is 3.73. The first-order chi connectivity index (χ1) is 7.66. The van der Waals surface area contributed by atoms with Gasteiger partial charge in [0.05, 0.1) is 6.61 Å². The smallest absolute Gasteiger partial charge is 0.320 e. The summed E-state index contributed by atoms with van der Waals surface area (Å²) in [6.07, 6.45) is 1.81. The summed E-state index contributed by atoms with van der Waals surface area (Å²) in [5.41, 5.74) is 0. The fraction of sp³-hybridized carbons (Fsp3) is 0.909. The molecule has 1 atom stereocenters. The Morgan fingerprint density at radius 3 is 2.69 bits per heavy atom. The van der Waals surface area contributed by atoms with Crippen molar-refractivity contribution in [3.8, 4) is 0 Å². The summed E-state index contributed by atoms with van der Waals surface area (Å²) < 4.78 is 10.3. The van der Waals surface area contributed by atoms with Crippen LogP contribution in [0.15, 0.2) is 0 Å². The van der Waals surface area contributed by atoms with E-state index in [9.17, 15) is 4.79 Å². The Morgan fingerprint density at radius 2 is 2.19 bits per heavy atom. The van der Waals surface area contributed by atoms with Gasteiger partial charge in [-0.05, 0) is 19.8 Å². The Labute approximate surface area is 96.3 Å². The molecule has 0 amide bonds. The lowest BCUT2D eigenvalue weighted by atomic mass is 10.0. The maximum absolute atomic E-state index is 11.0. The molecule has 1 rings (SSSR count). The summed E-state index contributed by atoms with van der Waals surface area (Å²) in [5.74, 6) is -0.775. The van der Waals surface area contributed by atoms with Crippen LogP contribution in [-0.4, -0.2) is 61.5 Å². The van der Waals surface area contributed by atoms with Gasteiger partial charge in [-0.25, -0.2) is 0 Å². The molecule has 1 N–H and O–H groups in total. The van der Waals surface area contributed by atoms with E-state index in [1.807, 2.05) is 4.90 Å². The van der Waals surface area contributed by atoms with Gasteiger partial charge in [-0.1, -0.05) is 0 Å². The molecule has 0 aromatic carbocycles. The van der Waals surface area contributed by atoms with E-state index in [4.69, 9.17) is 14.6 Å². The van der Waals surface area contributed by atoms with Crippen molar-refractivity contribution in [3.63, 3.8) is 0 Å². The molecule has 94 valence electrons. The van der Waals surface area contributed by atoms with Crippen molar-refractivity contribution in [1.82, 2.24) is 4.90 Å². The molecule has 5 nitrogen and oxygen atoms in total. The van der Waals surface area contributed by atoms with Crippen LogP contribution in [0.5, 0.6) is 0 Å². The van der Waals surface area contributed by atoms with Crippen LogP contribution in [0.3, 0.4) is 0 Å². The maximum Gasteiger partial charge on any atom is 0.320 e. The number of ether oxygens (including phenoxy) is 2. The largest absolute Gasteiger partial charge is 0.480 e. The van der Waals surface area contributed by atoms with Crippen LogP contribution in [0.2, 0.25) is 0 Å². The molecule has 0 saturated carbocycles. The maximum atomic E-state index is 11.0. The zero-order valence-electron chi connectivity index (χ0n) is 10.0. The summed E-state index contributed by atoms with van der Waals surface area (Å²) in [4.78, 5) is 13.0. The number of rotatable bonds is 6. The molecule has 16 heavy (non-hydrogen) atoms. The van der Waals surface area contributed by atoms with Crippen molar-refractivity contribution in [1.29, 1.82) is 0 Å². The highest BCUT2D eigenvalue weighted by Gasteiger charge is 2.28. The molecule has 0 unspecified atom stereocenters. The molecule has 1 aliphatic rings. The van der Waals surface area contributed by atoms with E-state index in [1.165, 1.54) is 0 Å². The van der Waals surface area contributed by atoms with Crippen molar-refractivity contribution in [2.45, 2.75) is 31.8 Å². The minimum Gasteiger partial charge on any atom is -0.480 e. The molecule has 0 aromatic rings. The lowest BCUT2D eigenvalue weighted by Gasteiger charge is -2.36. The molecular weight excluding hydrogens is 210 g/mol. The zero-order valence-corrected chi connectivity index (χ0v) is 10.0. The SMILES string of the molecule is COCCN(C1CCOCC1)[C@@H](C)C(=O)O. The molecule has 1 heterocycles. The Kier molecular flexibility index (Phi) is 5.73. The molecule has 0 bridgehead atoms. The van der Waals surface area contributed by atoms with Crippen LogP contribution in [-0.2, 0) is 14.3 Å². The second-order valence-corrected chi connectivity index (χ2v) is 4.09. The highest BCUT2D eigenvalue weighted by Crippen LogP contribution is 2.17. The second kappa shape index (κ2) is 6.83. The number of nitrogens with zero attached hydrogens (tertiary/aromatic N) is 1. The monoisotopic (exact) mass is 231 g/mol. The minimum absolute atomic E-state index is 0.301. The molecule has 5 heteroatoms. The highest BCUT2D eigenvalue weighted by molar-refractivity contribution is 5.72. The van der Waals surface area contributed by atoms with Gasteiger partial charge >= 0.3 is 5.97 Å². The van der Waals surface area contributed by atoms with Crippen LogP contribution in [0.4, 0.5) is 0 Å². The molecular formula is C11H21NO4. The van der Waals surface area contributed by atoms with E-state index in [2.05, 4.69) is 0 Å². The molecule has 0 spiro atoms. The first-order valence-corrected chi connectivity index (χ1v) is 5.72. The zero-order chi connectivity index (χ0) is 12.0. The Bertz CT molecular complexity index is 216. The van der Waals surface area contributed by atoms with Gasteiger partial charge in [0, 0.05) is 32.9 Å². The number of carboxylic acids is 1. The predicted octanol–water partition coefficient (Wildman–Crippen LogP) is 0.587. The lowest BCUT2D eigenvalue weighted by Crippen LogP contribution is -2.49. The normalized spacial score (nSPS) is 19.9. The van der Waals surface area contributed by atoms with Gasteiger partial charge in [-0.15, -0.1) is 0 Å². The van der Waals surface area contributed by atoms with Crippen LogP contribution in [0.25, 0.3) is 0 Å². The summed E-state index contributed by atoms with van der Waals surface area (Å²) in [6.45, 7) is 4.40. The van der Waals surface area contributed by atoms with E-state index in [-0.39, 0.29) is 0 Å². The fourth-order valence-corrected chi connectivity index (χ4v) is 2.05. The molecule has 1 aliphatic heterocycles. The predicted molar refractivity (Wildman–Crippen MR) is 59.5 cm³/mol. The van der Waals surface area contributed by atoms with Crippen LogP contribution in [0.1, 0.15) is 19.8 Å². The number of aliphatic carboxylic acids is 1. The van der Waals surface area contributed by atoms with Gasteiger partial charge in [0.1, 0.15) is 6.04 Å². The third-order valence-electron chi connectivity index (χ3n) is 3.07. The fourth-order valence-electron chi connectivity index (χ4n) is 2.05. The first-order valence-electron chi connectivity index (χ1n) is 5.72. The van der Waals surface area contributed by atoms with Crippen molar-refractivity contribution >= 4 is 5.97 Å². The average molecular weight is 231 g/mol. The van der Waals surface area contributed by atoms with E-state index < -0.39 is 12.0 Å². The van der Waals surface area contributed by atoms with E-state index in [1.54, 1.807) is 14.0 Å². The summed E-state index contributed by atoms with van der Waals surface area (Å²) in [6, 6.07) is -0.159. The van der Waals surface area contributed by atoms with Crippen molar-refractivity contribution < 1.29 is 19.4 Å². The van der Waals surface area contributed by atoms with Gasteiger partial charge in [0.15, 0.2) is 0 Å². The van der Waals surface area contributed by atoms with Crippen molar-refractivity contribution in [2.24, 2.45) is 0 Å². The van der Waals surface area contributed by atoms with E-state index >= 15 is 0 Å². The average Bonchev–Trinajstić information content (AvgIpc) is 2.30. The standard InChI is InChI=1S/C11H21NO4/c1-9(11(13)14)12(5-8-15-2)10-3-6-16-7-4-10/h9-10H,3-8H2,1-2H3,(H,13,14)/t9-/m0/s1. The number of hydrogen-bond donors (Lipinski definition) is 1. The van der Waals surface area contributed by atoms with E-state index in [0.717, 1.165) is 26.1 Å². The summed E-state index contributed by atoms with van der Waals surface area (Å²) in [5, 5.41) is 9.07. The van der Waals surface area contributed by atoms with Crippen molar-refractivity contribution in [2.75, 3.05) is 33.5 Å². The van der Waals surface area contributed by atoms with Gasteiger partial charge in [-0.2, -0.15) is 0 Å². The Balaban J connectivity index is 2.57. The number of carbonyl (C=O) groups is 1. The van der Waals surface area contributed by atoms with Crippen LogP contribution < -0.4 is 0 Å². The first kappa shape index (κ1) is 13.4. The second-order valence-electron chi connectivity index (χ2n) is 4.09. The van der Waals surface area contributed by atoms with Gasteiger partial charge < -0.3 is 14.6 Å². The number of methoxy groups -OCH3 is 1. The third-order valence-corrected chi connectivity index (χ3v) is 3.07. The quantitative estimate of drug-likeness (QED) is 0.725. The molecule has 1 saturated heterocycles. The highest BCUT2D eigenvalue weighted by atomic mass is 16.5. The van der Waals surface area contributed by atoms with E-state index in [0.29, 0.717) is 19.2 Å².